The molecule has 1 saturated heterocycles. The van der Waals surface area contributed by atoms with Crippen molar-refractivity contribution in [2.24, 2.45) is 0 Å². The number of hydrogen-bond donors (Lipinski definition) is 2. The molecule has 0 saturated carbocycles. The van der Waals surface area contributed by atoms with E-state index in [9.17, 15) is 4.79 Å². The Balaban J connectivity index is 1.30. The average molecular weight is 354 g/mol. The van der Waals surface area contributed by atoms with Gasteiger partial charge in [-0.05, 0) is 36.8 Å². The molecule has 1 fully saturated rings. The summed E-state index contributed by atoms with van der Waals surface area (Å²) >= 11 is 0. The third-order valence-electron chi connectivity index (χ3n) is 5.04. The van der Waals surface area contributed by atoms with Gasteiger partial charge in [0.05, 0.1) is 26.2 Å². The van der Waals surface area contributed by atoms with Gasteiger partial charge in [-0.2, -0.15) is 0 Å². The molecule has 2 amide bonds. The molecule has 26 heavy (non-hydrogen) atoms. The van der Waals surface area contributed by atoms with Crippen molar-refractivity contribution in [2.75, 3.05) is 38.3 Å². The minimum Gasteiger partial charge on any atom is -0.454 e. The van der Waals surface area contributed by atoms with Crippen molar-refractivity contribution in [3.05, 3.63) is 53.6 Å². The number of carbonyl (C=O) groups excluding carboxylic acids is 1. The SMILES string of the molecule is Cc1ccccc1NC(=O)N1CC[NH+](Cc2ccc3c(c2)OCO3)CC1. The molecular formula is C20H24N3O3+. The van der Waals surface area contributed by atoms with Crippen LogP contribution in [-0.4, -0.2) is 43.9 Å². The molecule has 0 aromatic heterocycles. The van der Waals surface area contributed by atoms with Crippen LogP contribution in [0.5, 0.6) is 11.5 Å². The third kappa shape index (κ3) is 3.60. The van der Waals surface area contributed by atoms with E-state index < -0.39 is 0 Å². The van der Waals surface area contributed by atoms with Crippen LogP contribution in [0.3, 0.4) is 0 Å². The Morgan fingerprint density at radius 3 is 2.69 bits per heavy atom. The van der Waals surface area contributed by atoms with Crippen molar-refractivity contribution in [1.29, 1.82) is 0 Å². The summed E-state index contributed by atoms with van der Waals surface area (Å²) in [6.07, 6.45) is 0. The Morgan fingerprint density at radius 2 is 1.88 bits per heavy atom. The van der Waals surface area contributed by atoms with E-state index in [0.717, 1.165) is 55.5 Å². The molecule has 0 unspecified atom stereocenters. The number of anilines is 1. The number of ether oxygens (including phenoxy) is 2. The number of hydrogen-bond acceptors (Lipinski definition) is 3. The summed E-state index contributed by atoms with van der Waals surface area (Å²) in [5, 5.41) is 3.02. The number of carbonyl (C=O) groups is 1. The molecule has 2 aliphatic heterocycles. The number of nitrogens with one attached hydrogen (secondary N) is 2. The average Bonchev–Trinajstić information content (AvgIpc) is 3.12. The fraction of sp³-hybridized carbons (Fsp3) is 0.350. The summed E-state index contributed by atoms with van der Waals surface area (Å²) < 4.78 is 10.8. The van der Waals surface area contributed by atoms with E-state index in [1.54, 1.807) is 0 Å². The number of rotatable bonds is 3. The fourth-order valence-corrected chi connectivity index (χ4v) is 3.45. The predicted octanol–water partition coefficient (Wildman–Crippen LogP) is 1.66. The number of aryl methyl sites for hydroxylation is 1. The Kier molecular flexibility index (Phi) is 4.67. The molecule has 0 aliphatic carbocycles. The highest BCUT2D eigenvalue weighted by molar-refractivity contribution is 5.90. The number of quaternary nitrogens is 1. The van der Waals surface area contributed by atoms with E-state index >= 15 is 0 Å². The van der Waals surface area contributed by atoms with Gasteiger partial charge in [0.2, 0.25) is 6.79 Å². The summed E-state index contributed by atoms with van der Waals surface area (Å²) in [4.78, 5) is 15.9. The second-order valence-electron chi connectivity index (χ2n) is 6.85. The van der Waals surface area contributed by atoms with Gasteiger partial charge in [0.25, 0.3) is 0 Å². The zero-order valence-corrected chi connectivity index (χ0v) is 15.0. The van der Waals surface area contributed by atoms with Gasteiger partial charge in [-0.15, -0.1) is 0 Å². The predicted molar refractivity (Wildman–Crippen MR) is 98.7 cm³/mol. The van der Waals surface area contributed by atoms with E-state index in [2.05, 4.69) is 17.4 Å². The molecule has 4 rings (SSSR count). The summed E-state index contributed by atoms with van der Waals surface area (Å²) in [5.74, 6) is 1.65. The van der Waals surface area contributed by atoms with Crippen molar-refractivity contribution in [1.82, 2.24) is 4.90 Å². The van der Waals surface area contributed by atoms with Crippen LogP contribution in [0.2, 0.25) is 0 Å². The van der Waals surface area contributed by atoms with Gasteiger partial charge in [-0.25, -0.2) is 4.79 Å². The van der Waals surface area contributed by atoms with Crippen LogP contribution < -0.4 is 19.7 Å². The van der Waals surface area contributed by atoms with Gasteiger partial charge in [-0.3, -0.25) is 0 Å². The molecule has 2 aromatic carbocycles. The number of piperazine rings is 1. The maximum absolute atomic E-state index is 12.5. The third-order valence-corrected chi connectivity index (χ3v) is 5.04. The molecule has 2 N–H and O–H groups in total. The Labute approximate surface area is 153 Å². The van der Waals surface area contributed by atoms with Gasteiger partial charge in [0.1, 0.15) is 6.54 Å². The van der Waals surface area contributed by atoms with Gasteiger partial charge in [0, 0.05) is 11.3 Å². The molecule has 0 bridgehead atoms. The second-order valence-corrected chi connectivity index (χ2v) is 6.85. The number of urea groups is 1. The number of benzene rings is 2. The topological polar surface area (TPSA) is 55.2 Å². The maximum Gasteiger partial charge on any atom is 0.322 e. The summed E-state index contributed by atoms with van der Waals surface area (Å²) in [5.41, 5.74) is 3.20. The van der Waals surface area contributed by atoms with Crippen molar-refractivity contribution >= 4 is 11.7 Å². The zero-order chi connectivity index (χ0) is 17.9. The molecule has 6 nitrogen and oxygen atoms in total. The second kappa shape index (κ2) is 7.25. The lowest BCUT2D eigenvalue weighted by Crippen LogP contribution is -3.13. The zero-order valence-electron chi connectivity index (χ0n) is 15.0. The molecule has 2 heterocycles. The van der Waals surface area contributed by atoms with Crippen LogP contribution in [0.25, 0.3) is 0 Å². The lowest BCUT2D eigenvalue weighted by atomic mass is 10.1. The monoisotopic (exact) mass is 354 g/mol. The quantitative estimate of drug-likeness (QED) is 0.881. The maximum atomic E-state index is 12.5. The van der Waals surface area contributed by atoms with Gasteiger partial charge < -0.3 is 24.6 Å². The highest BCUT2D eigenvalue weighted by Crippen LogP contribution is 2.32. The number of amides is 2. The van der Waals surface area contributed by atoms with E-state index in [-0.39, 0.29) is 6.03 Å². The lowest BCUT2D eigenvalue weighted by Gasteiger charge is -2.32. The molecule has 6 heteroatoms. The standard InChI is InChI=1S/C20H23N3O3/c1-15-4-2-3-5-17(15)21-20(24)23-10-8-22(9-11-23)13-16-6-7-18-19(12-16)26-14-25-18/h2-7,12H,8-11,13-14H2,1H3,(H,21,24)/p+1. The van der Waals surface area contributed by atoms with E-state index in [0.29, 0.717) is 6.79 Å². The van der Waals surface area contributed by atoms with Crippen LogP contribution in [-0.2, 0) is 6.54 Å². The van der Waals surface area contributed by atoms with E-state index in [1.807, 2.05) is 42.2 Å². The Hall–Kier alpha value is -2.73. The molecule has 2 aliphatic rings. The van der Waals surface area contributed by atoms with Gasteiger partial charge >= 0.3 is 6.03 Å². The largest absolute Gasteiger partial charge is 0.454 e. The fourth-order valence-electron chi connectivity index (χ4n) is 3.45. The highest BCUT2D eigenvalue weighted by atomic mass is 16.7. The molecule has 2 aromatic rings. The first kappa shape index (κ1) is 16.7. The summed E-state index contributed by atoms with van der Waals surface area (Å²) in [6, 6.07) is 14.0. The Morgan fingerprint density at radius 1 is 1.12 bits per heavy atom. The van der Waals surface area contributed by atoms with E-state index in [1.165, 1.54) is 10.5 Å². The minimum atomic E-state index is -0.0126. The van der Waals surface area contributed by atoms with Crippen LogP contribution in [0.15, 0.2) is 42.5 Å². The normalized spacial score (nSPS) is 16.6. The van der Waals surface area contributed by atoms with Gasteiger partial charge in [-0.1, -0.05) is 18.2 Å². The molecule has 0 radical (unpaired) electrons. The van der Waals surface area contributed by atoms with Crippen LogP contribution >= 0.6 is 0 Å². The van der Waals surface area contributed by atoms with Crippen molar-refractivity contribution in [2.45, 2.75) is 13.5 Å². The number of nitrogens with zero attached hydrogens (tertiary/aromatic N) is 1. The van der Waals surface area contributed by atoms with Crippen LogP contribution in [0.4, 0.5) is 10.5 Å². The van der Waals surface area contributed by atoms with Crippen LogP contribution in [0, 0.1) is 6.92 Å². The van der Waals surface area contributed by atoms with E-state index in [4.69, 9.17) is 9.47 Å². The Bertz CT molecular complexity index is 801. The first-order valence-electron chi connectivity index (χ1n) is 9.03. The van der Waals surface area contributed by atoms with Crippen molar-refractivity contribution < 1.29 is 19.2 Å². The number of para-hydroxylation sites is 1. The smallest absolute Gasteiger partial charge is 0.322 e. The van der Waals surface area contributed by atoms with Crippen molar-refractivity contribution in [3.63, 3.8) is 0 Å². The van der Waals surface area contributed by atoms with Gasteiger partial charge in [0.15, 0.2) is 11.5 Å². The van der Waals surface area contributed by atoms with Crippen molar-refractivity contribution in [3.8, 4) is 11.5 Å². The first-order chi connectivity index (χ1) is 12.7. The summed E-state index contributed by atoms with van der Waals surface area (Å²) in [7, 11) is 0. The molecule has 0 spiro atoms. The molecule has 136 valence electrons. The first-order valence-corrected chi connectivity index (χ1v) is 9.03. The molecule has 0 atom stereocenters. The lowest BCUT2D eigenvalue weighted by molar-refractivity contribution is -0.917. The summed E-state index contributed by atoms with van der Waals surface area (Å²) in [6.45, 7) is 6.65. The molecular weight excluding hydrogens is 330 g/mol. The number of fused-ring (bicyclic) bond motifs is 1. The minimum absolute atomic E-state index is 0.0126. The highest BCUT2D eigenvalue weighted by Gasteiger charge is 2.24. The van der Waals surface area contributed by atoms with Crippen LogP contribution in [0.1, 0.15) is 11.1 Å².